The molecule has 0 saturated carbocycles. The number of ether oxygens (including phenoxy) is 2. The molecule has 0 unspecified atom stereocenters. The second-order valence-electron chi connectivity index (χ2n) is 9.13. The molecule has 7 nitrogen and oxygen atoms in total. The van der Waals surface area contributed by atoms with Gasteiger partial charge in [0.1, 0.15) is 11.3 Å². The normalized spacial score (nSPS) is 13.6. The van der Waals surface area contributed by atoms with Crippen LogP contribution in [0.5, 0.6) is 5.75 Å². The zero-order valence-electron chi connectivity index (χ0n) is 21.4. The van der Waals surface area contributed by atoms with E-state index in [1.165, 1.54) is 5.56 Å². The lowest BCUT2D eigenvalue weighted by Gasteiger charge is -2.36. The number of aryl methyl sites for hydroxylation is 2. The number of carbonyl (C=O) groups is 1. The minimum absolute atomic E-state index is 0.214. The highest BCUT2D eigenvalue weighted by atomic mass is 16.5. The van der Waals surface area contributed by atoms with Gasteiger partial charge in [-0.05, 0) is 37.5 Å². The lowest BCUT2D eigenvalue weighted by Crippen LogP contribution is -2.50. The van der Waals surface area contributed by atoms with Crippen molar-refractivity contribution >= 4 is 11.6 Å². The van der Waals surface area contributed by atoms with E-state index in [1.807, 2.05) is 49.4 Å². The molecule has 0 bridgehead atoms. The molecule has 0 radical (unpaired) electrons. The van der Waals surface area contributed by atoms with E-state index in [9.17, 15) is 9.59 Å². The molecule has 0 atom stereocenters. The number of anilines is 1. The zero-order chi connectivity index (χ0) is 25.5. The largest absolute Gasteiger partial charge is 0.497 e. The number of rotatable bonds is 9. The predicted molar refractivity (Wildman–Crippen MR) is 142 cm³/mol. The molecule has 0 spiro atoms. The van der Waals surface area contributed by atoms with E-state index < -0.39 is 0 Å². The topological polar surface area (TPSA) is 64.0 Å². The van der Waals surface area contributed by atoms with E-state index >= 15 is 0 Å². The number of methoxy groups -OCH3 is 2. The fourth-order valence-electron chi connectivity index (χ4n) is 4.88. The fraction of sp³-hybridized carbons (Fsp3) is 0.379. The van der Waals surface area contributed by atoms with Crippen LogP contribution in [-0.4, -0.2) is 55.8 Å². The summed E-state index contributed by atoms with van der Waals surface area (Å²) in [5.74, 6) is 0.594. The Balaban J connectivity index is 1.51. The third-order valence-corrected chi connectivity index (χ3v) is 6.80. The van der Waals surface area contributed by atoms with Crippen molar-refractivity contribution in [2.45, 2.75) is 32.9 Å². The van der Waals surface area contributed by atoms with Crippen molar-refractivity contribution in [2.24, 2.45) is 0 Å². The molecule has 2 aromatic carbocycles. The van der Waals surface area contributed by atoms with Crippen LogP contribution in [-0.2, 0) is 24.3 Å². The minimum Gasteiger partial charge on any atom is -0.497 e. The van der Waals surface area contributed by atoms with E-state index in [0.717, 1.165) is 30.0 Å². The smallest absolute Gasteiger partial charge is 0.259 e. The van der Waals surface area contributed by atoms with Crippen molar-refractivity contribution in [3.05, 3.63) is 93.4 Å². The van der Waals surface area contributed by atoms with E-state index in [0.29, 0.717) is 38.4 Å². The van der Waals surface area contributed by atoms with Crippen LogP contribution < -0.4 is 15.1 Å². The lowest BCUT2D eigenvalue weighted by molar-refractivity contribution is 0.0738. The van der Waals surface area contributed by atoms with Crippen molar-refractivity contribution in [1.29, 1.82) is 0 Å². The average molecular weight is 490 g/mol. The molecule has 2 heterocycles. The maximum Gasteiger partial charge on any atom is 0.259 e. The summed E-state index contributed by atoms with van der Waals surface area (Å²) in [6, 6.07) is 19.9. The van der Waals surface area contributed by atoms with Gasteiger partial charge in [0.15, 0.2) is 5.43 Å². The van der Waals surface area contributed by atoms with Crippen molar-refractivity contribution in [1.82, 2.24) is 9.47 Å². The van der Waals surface area contributed by atoms with Crippen LogP contribution in [0.4, 0.5) is 5.69 Å². The molecule has 1 amide bonds. The first kappa shape index (κ1) is 25.5. The molecule has 0 aliphatic carbocycles. The lowest BCUT2D eigenvalue weighted by atomic mass is 10.1. The Morgan fingerprint density at radius 1 is 0.944 bits per heavy atom. The van der Waals surface area contributed by atoms with Gasteiger partial charge >= 0.3 is 0 Å². The van der Waals surface area contributed by atoms with Crippen molar-refractivity contribution in [3.8, 4) is 5.75 Å². The highest BCUT2D eigenvalue weighted by Gasteiger charge is 2.28. The molecule has 190 valence electrons. The van der Waals surface area contributed by atoms with Crippen LogP contribution in [0, 0.1) is 6.92 Å². The third-order valence-electron chi connectivity index (χ3n) is 6.80. The van der Waals surface area contributed by atoms with Crippen molar-refractivity contribution in [2.75, 3.05) is 45.3 Å². The molecule has 1 fully saturated rings. The minimum atomic E-state index is -0.237. The Bertz CT molecular complexity index is 1230. The van der Waals surface area contributed by atoms with Gasteiger partial charge in [0.05, 0.1) is 19.4 Å². The molecular formula is C29H35N3O4. The summed E-state index contributed by atoms with van der Waals surface area (Å²) in [5.41, 5.74) is 3.85. The van der Waals surface area contributed by atoms with Gasteiger partial charge in [-0.25, -0.2) is 0 Å². The van der Waals surface area contributed by atoms with Crippen LogP contribution >= 0.6 is 0 Å². The number of pyridine rings is 1. The van der Waals surface area contributed by atoms with Gasteiger partial charge in [0.2, 0.25) is 0 Å². The first-order valence-electron chi connectivity index (χ1n) is 12.5. The summed E-state index contributed by atoms with van der Waals surface area (Å²) in [4.78, 5) is 30.7. The van der Waals surface area contributed by atoms with Crippen LogP contribution in [0.1, 0.15) is 33.7 Å². The molecule has 1 saturated heterocycles. The molecule has 1 aliphatic rings. The SMILES string of the molecule is COCc1c(C(=O)N2CCN(c3cccc(OC)c3)CC2)c(=O)cc(C)n1CCCc1ccccc1. The van der Waals surface area contributed by atoms with Crippen LogP contribution in [0.3, 0.4) is 0 Å². The summed E-state index contributed by atoms with van der Waals surface area (Å²) < 4.78 is 12.9. The van der Waals surface area contributed by atoms with Gasteiger partial charge in [-0.1, -0.05) is 36.4 Å². The highest BCUT2D eigenvalue weighted by Crippen LogP contribution is 2.23. The van der Waals surface area contributed by atoms with Gasteiger partial charge in [-0.2, -0.15) is 0 Å². The van der Waals surface area contributed by atoms with Gasteiger partial charge in [-0.3, -0.25) is 9.59 Å². The molecule has 3 aromatic rings. The quantitative estimate of drug-likeness (QED) is 0.456. The predicted octanol–water partition coefficient (Wildman–Crippen LogP) is 3.91. The second-order valence-corrected chi connectivity index (χ2v) is 9.13. The molecule has 36 heavy (non-hydrogen) atoms. The van der Waals surface area contributed by atoms with Crippen LogP contribution in [0.15, 0.2) is 65.5 Å². The van der Waals surface area contributed by atoms with E-state index in [2.05, 4.69) is 21.6 Å². The molecular weight excluding hydrogens is 454 g/mol. The van der Waals surface area contributed by atoms with Crippen LogP contribution in [0.25, 0.3) is 0 Å². The van der Waals surface area contributed by atoms with E-state index in [4.69, 9.17) is 9.47 Å². The number of nitrogens with zero attached hydrogens (tertiary/aromatic N) is 3. The standard InChI is InChI=1S/C29H35N3O4/c1-22-19-27(33)28(26(21-35-2)32(22)14-8-11-23-9-5-4-6-10-23)29(34)31-17-15-30(16-18-31)24-12-7-13-25(20-24)36-3/h4-7,9-10,12-13,19-20H,8,11,14-18,21H2,1-3H3. The Kier molecular flexibility index (Phi) is 8.44. The number of hydrogen-bond donors (Lipinski definition) is 0. The van der Waals surface area contributed by atoms with E-state index in [-0.39, 0.29) is 23.5 Å². The summed E-state index contributed by atoms with van der Waals surface area (Å²) in [7, 11) is 3.26. The first-order chi connectivity index (χ1) is 17.5. The maximum absolute atomic E-state index is 13.6. The molecule has 0 N–H and O–H groups in total. The summed E-state index contributed by atoms with van der Waals surface area (Å²) in [5, 5.41) is 0. The monoisotopic (exact) mass is 489 g/mol. The molecule has 7 heteroatoms. The number of hydrogen-bond acceptors (Lipinski definition) is 5. The number of carbonyl (C=O) groups excluding carboxylic acids is 1. The van der Waals surface area contributed by atoms with E-state index in [1.54, 1.807) is 25.2 Å². The highest BCUT2D eigenvalue weighted by molar-refractivity contribution is 5.95. The summed E-state index contributed by atoms with van der Waals surface area (Å²) >= 11 is 0. The number of piperazine rings is 1. The number of aromatic nitrogens is 1. The average Bonchev–Trinajstić information content (AvgIpc) is 2.91. The Hall–Kier alpha value is -3.58. The van der Waals surface area contributed by atoms with Gasteiger partial charge in [-0.15, -0.1) is 0 Å². The summed E-state index contributed by atoms with van der Waals surface area (Å²) in [6.45, 7) is 5.32. The summed E-state index contributed by atoms with van der Waals surface area (Å²) in [6.07, 6.45) is 1.83. The zero-order valence-corrected chi connectivity index (χ0v) is 21.4. The van der Waals surface area contributed by atoms with Crippen molar-refractivity contribution in [3.63, 3.8) is 0 Å². The number of amides is 1. The maximum atomic E-state index is 13.6. The molecule has 4 rings (SSSR count). The third kappa shape index (κ3) is 5.79. The first-order valence-corrected chi connectivity index (χ1v) is 12.5. The fourth-order valence-corrected chi connectivity index (χ4v) is 4.88. The second kappa shape index (κ2) is 11.9. The number of benzene rings is 2. The van der Waals surface area contributed by atoms with Gasteiger partial charge in [0.25, 0.3) is 5.91 Å². The van der Waals surface area contributed by atoms with Gasteiger partial charge in [0, 0.05) is 63.3 Å². The van der Waals surface area contributed by atoms with Gasteiger partial charge < -0.3 is 23.8 Å². The molecule has 1 aliphatic heterocycles. The van der Waals surface area contributed by atoms with Crippen molar-refractivity contribution < 1.29 is 14.3 Å². The Labute approximate surface area is 212 Å². The molecule has 1 aromatic heterocycles. The van der Waals surface area contributed by atoms with Crippen LogP contribution in [0.2, 0.25) is 0 Å². The Morgan fingerprint density at radius 2 is 1.69 bits per heavy atom. The Morgan fingerprint density at radius 3 is 2.39 bits per heavy atom.